The molecule has 4 heteroatoms. The molecule has 1 fully saturated rings. The van der Waals surface area contributed by atoms with Gasteiger partial charge in [-0.25, -0.2) is 0 Å². The molecular weight excluding hydrogens is 288 g/mol. The molecule has 0 radical (unpaired) electrons. The maximum Gasteiger partial charge on any atom is 0.255 e. The number of aryl methyl sites for hydroxylation is 1. The molecule has 1 amide bonds. The number of benzene rings is 1. The van der Waals surface area contributed by atoms with Crippen LogP contribution in [0.4, 0.5) is 0 Å². The Morgan fingerprint density at radius 2 is 2.04 bits per heavy atom. The Morgan fingerprint density at radius 1 is 1.26 bits per heavy atom. The summed E-state index contributed by atoms with van der Waals surface area (Å²) in [6, 6.07) is 11.5. The summed E-state index contributed by atoms with van der Waals surface area (Å²) < 4.78 is 5.81. The van der Waals surface area contributed by atoms with Crippen LogP contribution in [0, 0.1) is 6.92 Å². The molecule has 1 heterocycles. The quantitative estimate of drug-likeness (QED) is 0.918. The highest BCUT2D eigenvalue weighted by atomic mass is 16.5. The number of hydrogen-bond donors (Lipinski definition) is 1. The second-order valence-electron chi connectivity index (χ2n) is 6.42. The van der Waals surface area contributed by atoms with E-state index in [1.54, 1.807) is 6.20 Å². The van der Waals surface area contributed by atoms with Crippen LogP contribution in [0.2, 0.25) is 0 Å². The summed E-state index contributed by atoms with van der Waals surface area (Å²) in [6.45, 7) is 5.91. The summed E-state index contributed by atoms with van der Waals surface area (Å²) in [4.78, 5) is 17.2. The van der Waals surface area contributed by atoms with E-state index < -0.39 is 0 Å². The predicted octanol–water partition coefficient (Wildman–Crippen LogP) is 3.60. The van der Waals surface area contributed by atoms with Crippen LogP contribution in [0.1, 0.15) is 48.3 Å². The van der Waals surface area contributed by atoms with Crippen molar-refractivity contribution < 1.29 is 9.53 Å². The summed E-state index contributed by atoms with van der Waals surface area (Å²) in [6.07, 6.45) is 3.62. The van der Waals surface area contributed by atoms with Crippen molar-refractivity contribution in [2.45, 2.75) is 45.3 Å². The van der Waals surface area contributed by atoms with E-state index in [1.165, 1.54) is 0 Å². The number of carbonyl (C=O) groups excluding carboxylic acids is 1. The normalized spacial score (nSPS) is 15.3. The van der Waals surface area contributed by atoms with Gasteiger partial charge in [-0.05, 0) is 63.4 Å². The third-order valence-electron chi connectivity index (χ3n) is 4.00. The SMILES string of the molecule is Cc1ccc(C(=O)NC2(c3ccccn3)CC2)c(OC(C)C)c1. The smallest absolute Gasteiger partial charge is 0.255 e. The minimum atomic E-state index is -0.321. The van der Waals surface area contributed by atoms with E-state index in [4.69, 9.17) is 4.74 Å². The van der Waals surface area contributed by atoms with Crippen LogP contribution in [0.5, 0.6) is 5.75 Å². The number of rotatable bonds is 5. The van der Waals surface area contributed by atoms with Gasteiger partial charge in [-0.15, -0.1) is 0 Å². The largest absolute Gasteiger partial charge is 0.490 e. The Bertz CT molecular complexity index is 707. The first-order chi connectivity index (χ1) is 11.0. The molecule has 1 aromatic carbocycles. The van der Waals surface area contributed by atoms with Crippen molar-refractivity contribution in [1.82, 2.24) is 10.3 Å². The highest BCUT2D eigenvalue weighted by Gasteiger charge is 2.47. The molecule has 3 rings (SSSR count). The van der Waals surface area contributed by atoms with Crippen LogP contribution < -0.4 is 10.1 Å². The van der Waals surface area contributed by atoms with Crippen molar-refractivity contribution >= 4 is 5.91 Å². The number of nitrogens with zero attached hydrogens (tertiary/aromatic N) is 1. The van der Waals surface area contributed by atoms with Crippen LogP contribution in [-0.2, 0) is 5.54 Å². The van der Waals surface area contributed by atoms with Gasteiger partial charge in [-0.3, -0.25) is 9.78 Å². The lowest BCUT2D eigenvalue weighted by Crippen LogP contribution is -2.35. The number of nitrogens with one attached hydrogen (secondary N) is 1. The number of amides is 1. The Morgan fingerprint density at radius 3 is 2.65 bits per heavy atom. The van der Waals surface area contributed by atoms with Crippen LogP contribution in [0.25, 0.3) is 0 Å². The first-order valence-corrected chi connectivity index (χ1v) is 8.01. The number of hydrogen-bond acceptors (Lipinski definition) is 3. The molecule has 23 heavy (non-hydrogen) atoms. The molecule has 1 N–H and O–H groups in total. The zero-order chi connectivity index (χ0) is 16.4. The molecule has 0 aliphatic heterocycles. The van der Waals surface area contributed by atoms with Crippen LogP contribution in [0.3, 0.4) is 0 Å². The minimum Gasteiger partial charge on any atom is -0.490 e. The van der Waals surface area contributed by atoms with Crippen LogP contribution in [0.15, 0.2) is 42.6 Å². The van der Waals surface area contributed by atoms with E-state index in [0.29, 0.717) is 11.3 Å². The van der Waals surface area contributed by atoms with Crippen molar-refractivity contribution in [3.05, 3.63) is 59.4 Å². The Kier molecular flexibility index (Phi) is 4.07. The van der Waals surface area contributed by atoms with Crippen molar-refractivity contribution in [3.63, 3.8) is 0 Å². The summed E-state index contributed by atoms with van der Waals surface area (Å²) >= 11 is 0. The first-order valence-electron chi connectivity index (χ1n) is 8.01. The Hall–Kier alpha value is -2.36. The third kappa shape index (κ3) is 3.36. The van der Waals surface area contributed by atoms with Gasteiger partial charge in [0.2, 0.25) is 0 Å². The van der Waals surface area contributed by atoms with E-state index >= 15 is 0 Å². The lowest BCUT2D eigenvalue weighted by atomic mass is 10.1. The van der Waals surface area contributed by atoms with E-state index in [-0.39, 0.29) is 17.6 Å². The minimum absolute atomic E-state index is 0.0222. The molecule has 4 nitrogen and oxygen atoms in total. The number of ether oxygens (including phenoxy) is 1. The molecule has 0 saturated heterocycles. The predicted molar refractivity (Wildman–Crippen MR) is 89.6 cm³/mol. The molecule has 0 unspecified atom stereocenters. The third-order valence-corrected chi connectivity index (χ3v) is 4.00. The highest BCUT2D eigenvalue weighted by molar-refractivity contribution is 5.97. The maximum atomic E-state index is 12.8. The summed E-state index contributed by atoms with van der Waals surface area (Å²) in [7, 11) is 0. The van der Waals surface area contributed by atoms with Crippen LogP contribution in [-0.4, -0.2) is 17.0 Å². The standard InChI is InChI=1S/C19H22N2O2/c1-13(2)23-16-12-14(3)7-8-15(16)18(22)21-19(9-10-19)17-6-4-5-11-20-17/h4-8,11-13H,9-10H2,1-3H3,(H,21,22). The van der Waals surface area contributed by atoms with Gasteiger partial charge in [0, 0.05) is 6.20 Å². The van der Waals surface area contributed by atoms with Crippen molar-refractivity contribution in [3.8, 4) is 5.75 Å². The maximum absolute atomic E-state index is 12.8. The average molecular weight is 310 g/mol. The van der Waals surface area contributed by atoms with Crippen molar-refractivity contribution in [1.29, 1.82) is 0 Å². The summed E-state index contributed by atoms with van der Waals surface area (Å²) in [5.74, 6) is 0.526. The van der Waals surface area contributed by atoms with Gasteiger partial charge in [0.15, 0.2) is 0 Å². The number of carbonyl (C=O) groups is 1. The molecule has 0 atom stereocenters. The van der Waals surface area contributed by atoms with Gasteiger partial charge in [0.05, 0.1) is 22.9 Å². The molecule has 1 saturated carbocycles. The van der Waals surface area contributed by atoms with E-state index in [9.17, 15) is 4.79 Å². The van der Waals surface area contributed by atoms with Crippen molar-refractivity contribution in [2.24, 2.45) is 0 Å². The fourth-order valence-electron chi connectivity index (χ4n) is 2.67. The molecule has 1 aliphatic carbocycles. The van der Waals surface area contributed by atoms with Gasteiger partial charge in [-0.2, -0.15) is 0 Å². The lowest BCUT2D eigenvalue weighted by molar-refractivity contribution is 0.0924. The average Bonchev–Trinajstić information content (AvgIpc) is 3.28. The fraction of sp³-hybridized carbons (Fsp3) is 0.368. The second kappa shape index (κ2) is 6.03. The van der Waals surface area contributed by atoms with Gasteiger partial charge in [0.1, 0.15) is 5.75 Å². The van der Waals surface area contributed by atoms with Gasteiger partial charge in [0.25, 0.3) is 5.91 Å². The zero-order valence-corrected chi connectivity index (χ0v) is 13.8. The van der Waals surface area contributed by atoms with Crippen LogP contribution >= 0.6 is 0 Å². The molecule has 0 spiro atoms. The highest BCUT2D eigenvalue weighted by Crippen LogP contribution is 2.44. The van der Waals surface area contributed by atoms with E-state index in [0.717, 1.165) is 24.1 Å². The van der Waals surface area contributed by atoms with Gasteiger partial charge >= 0.3 is 0 Å². The summed E-state index contributed by atoms with van der Waals surface area (Å²) in [5.41, 5.74) is 2.25. The van der Waals surface area contributed by atoms with E-state index in [1.807, 2.05) is 57.2 Å². The molecule has 1 aliphatic rings. The number of aromatic nitrogens is 1. The van der Waals surface area contributed by atoms with E-state index in [2.05, 4.69) is 10.3 Å². The topological polar surface area (TPSA) is 51.2 Å². The molecule has 120 valence electrons. The fourth-order valence-corrected chi connectivity index (χ4v) is 2.67. The van der Waals surface area contributed by atoms with Gasteiger partial charge in [-0.1, -0.05) is 12.1 Å². The Labute approximate surface area is 136 Å². The monoisotopic (exact) mass is 310 g/mol. The molecular formula is C19H22N2O2. The first kappa shape index (κ1) is 15.5. The second-order valence-corrected chi connectivity index (χ2v) is 6.42. The number of pyridine rings is 1. The van der Waals surface area contributed by atoms with Crippen molar-refractivity contribution in [2.75, 3.05) is 0 Å². The molecule has 2 aromatic rings. The molecule has 1 aromatic heterocycles. The summed E-state index contributed by atoms with van der Waals surface area (Å²) in [5, 5.41) is 3.15. The lowest BCUT2D eigenvalue weighted by Gasteiger charge is -2.19. The zero-order valence-electron chi connectivity index (χ0n) is 13.8. The Balaban J connectivity index is 1.84. The van der Waals surface area contributed by atoms with Gasteiger partial charge < -0.3 is 10.1 Å². The molecule has 0 bridgehead atoms.